The van der Waals surface area contributed by atoms with Gasteiger partial charge in [-0.2, -0.15) is 0 Å². The van der Waals surface area contributed by atoms with Gasteiger partial charge in [-0.1, -0.05) is 66.7 Å². The number of hydrogen-bond donors (Lipinski definition) is 0. The summed E-state index contributed by atoms with van der Waals surface area (Å²) < 4.78 is 1.49. The van der Waals surface area contributed by atoms with Gasteiger partial charge >= 0.3 is 0 Å². The van der Waals surface area contributed by atoms with E-state index in [0.717, 1.165) is 6.16 Å². The van der Waals surface area contributed by atoms with Crippen LogP contribution in [0.3, 0.4) is 0 Å². The molecule has 0 atom stereocenters. The molecule has 0 spiro atoms. The van der Waals surface area contributed by atoms with Crippen molar-refractivity contribution in [1.29, 1.82) is 0 Å². The Balaban J connectivity index is 1.98. The molecule has 1 heterocycles. The summed E-state index contributed by atoms with van der Waals surface area (Å²) in [6.07, 6.45) is 1.06. The van der Waals surface area contributed by atoms with Crippen LogP contribution in [0.25, 0.3) is 0 Å². The van der Waals surface area contributed by atoms with Gasteiger partial charge in [0.25, 0.3) is 0 Å². The molecule has 0 unspecified atom stereocenters. The second-order valence-electron chi connectivity index (χ2n) is 6.08. The average Bonchev–Trinajstić information content (AvgIpc) is 3.23. The standard InChI is InChI=1S/C23H20PS/c1-4-11-20(12-5-1)19-24(23-17-10-18-25-23,21-13-6-2-7-14-21)22-15-8-3-9-16-22/h1-18H,19H2/q+1. The van der Waals surface area contributed by atoms with Gasteiger partial charge in [-0.15, -0.1) is 11.3 Å². The Morgan fingerprint density at radius 1 is 0.560 bits per heavy atom. The summed E-state index contributed by atoms with van der Waals surface area (Å²) in [6.45, 7) is 0. The minimum atomic E-state index is -1.71. The van der Waals surface area contributed by atoms with E-state index in [4.69, 9.17) is 0 Å². The Morgan fingerprint density at radius 3 is 1.56 bits per heavy atom. The summed E-state index contributed by atoms with van der Waals surface area (Å²) in [4.78, 5) is 0. The highest BCUT2D eigenvalue weighted by atomic mass is 32.1. The van der Waals surface area contributed by atoms with E-state index in [-0.39, 0.29) is 0 Å². The molecule has 0 radical (unpaired) electrons. The van der Waals surface area contributed by atoms with Crippen molar-refractivity contribution in [2.75, 3.05) is 0 Å². The Bertz CT molecular complexity index is 861. The summed E-state index contributed by atoms with van der Waals surface area (Å²) in [7, 11) is -1.71. The van der Waals surface area contributed by atoms with Gasteiger partial charge in [0, 0.05) is 0 Å². The van der Waals surface area contributed by atoms with Crippen molar-refractivity contribution in [1.82, 2.24) is 0 Å². The van der Waals surface area contributed by atoms with Crippen LogP contribution in [0.5, 0.6) is 0 Å². The summed E-state index contributed by atoms with van der Waals surface area (Å²) >= 11 is 1.89. The quantitative estimate of drug-likeness (QED) is 0.427. The van der Waals surface area contributed by atoms with Crippen molar-refractivity contribution in [3.8, 4) is 0 Å². The molecule has 0 bridgehead atoms. The predicted octanol–water partition coefficient (Wildman–Crippen LogP) is 5.24. The molecule has 0 aliphatic heterocycles. The molecule has 0 saturated carbocycles. The number of thiophene rings is 1. The molecule has 1 aromatic heterocycles. The third-order valence-electron chi connectivity index (χ3n) is 4.54. The lowest BCUT2D eigenvalue weighted by Crippen LogP contribution is -2.31. The highest BCUT2D eigenvalue weighted by Gasteiger charge is 2.46. The second-order valence-corrected chi connectivity index (χ2v) is 10.8. The predicted molar refractivity (Wildman–Crippen MR) is 113 cm³/mol. The van der Waals surface area contributed by atoms with Crippen molar-refractivity contribution in [2.45, 2.75) is 6.16 Å². The first-order chi connectivity index (χ1) is 12.4. The summed E-state index contributed by atoms with van der Waals surface area (Å²) in [6, 6.07) is 37.6. The van der Waals surface area contributed by atoms with E-state index < -0.39 is 7.26 Å². The third-order valence-corrected chi connectivity index (χ3v) is 10.6. The topological polar surface area (TPSA) is 0 Å². The van der Waals surface area contributed by atoms with Gasteiger partial charge in [0.2, 0.25) is 0 Å². The molecule has 0 fully saturated rings. The highest BCUT2D eigenvalue weighted by molar-refractivity contribution is 7.98. The van der Waals surface area contributed by atoms with Gasteiger partial charge in [0.05, 0.1) is 6.16 Å². The SMILES string of the molecule is c1ccc(C[P+](c2ccccc2)(c2ccccc2)c2cccs2)cc1. The van der Waals surface area contributed by atoms with Crippen LogP contribution in [0.1, 0.15) is 5.56 Å². The maximum Gasteiger partial charge on any atom is 0.157 e. The molecule has 0 amide bonds. The van der Waals surface area contributed by atoms with Crippen LogP contribution in [0, 0.1) is 0 Å². The van der Waals surface area contributed by atoms with Gasteiger partial charge < -0.3 is 0 Å². The fourth-order valence-corrected chi connectivity index (χ4v) is 9.34. The van der Waals surface area contributed by atoms with Crippen LogP contribution >= 0.6 is 18.6 Å². The first-order valence-corrected chi connectivity index (χ1v) is 11.3. The van der Waals surface area contributed by atoms with Gasteiger partial charge in [-0.25, -0.2) is 0 Å². The monoisotopic (exact) mass is 359 g/mol. The summed E-state index contributed by atoms with van der Waals surface area (Å²) in [5.41, 5.74) is 1.40. The summed E-state index contributed by atoms with van der Waals surface area (Å²) in [5.74, 6) is 0. The van der Waals surface area contributed by atoms with Gasteiger partial charge in [-0.05, 0) is 47.3 Å². The van der Waals surface area contributed by atoms with E-state index in [1.54, 1.807) is 0 Å². The zero-order valence-corrected chi connectivity index (χ0v) is 15.7. The van der Waals surface area contributed by atoms with Crippen LogP contribution in [-0.4, -0.2) is 0 Å². The average molecular weight is 359 g/mol. The van der Waals surface area contributed by atoms with E-state index in [2.05, 4.69) is 109 Å². The molecule has 4 rings (SSSR count). The molecule has 0 saturated heterocycles. The number of hydrogen-bond acceptors (Lipinski definition) is 1. The molecular formula is C23H20PS+. The van der Waals surface area contributed by atoms with Crippen molar-refractivity contribution in [3.05, 3.63) is 114 Å². The lowest BCUT2D eigenvalue weighted by molar-refractivity contribution is 1.39. The minimum absolute atomic E-state index is 1.06. The van der Waals surface area contributed by atoms with E-state index in [0.29, 0.717) is 0 Å². The van der Waals surface area contributed by atoms with E-state index >= 15 is 0 Å². The minimum Gasteiger partial charge on any atom is -0.107 e. The molecule has 0 aliphatic carbocycles. The first kappa shape index (κ1) is 16.3. The Hall–Kier alpha value is -2.21. The molecule has 3 aromatic carbocycles. The van der Waals surface area contributed by atoms with E-state index in [1.807, 2.05) is 11.3 Å². The van der Waals surface area contributed by atoms with Crippen molar-refractivity contribution in [2.24, 2.45) is 0 Å². The fraction of sp³-hybridized carbons (Fsp3) is 0.0435. The smallest absolute Gasteiger partial charge is 0.107 e. The van der Waals surface area contributed by atoms with E-state index in [9.17, 15) is 0 Å². The maximum absolute atomic E-state index is 2.32. The molecule has 25 heavy (non-hydrogen) atoms. The van der Waals surface area contributed by atoms with Crippen molar-refractivity contribution < 1.29 is 0 Å². The fourth-order valence-electron chi connectivity index (χ4n) is 3.37. The van der Waals surface area contributed by atoms with Crippen molar-refractivity contribution in [3.63, 3.8) is 0 Å². The zero-order valence-electron chi connectivity index (χ0n) is 14.0. The largest absolute Gasteiger partial charge is 0.157 e. The Morgan fingerprint density at radius 2 is 1.08 bits per heavy atom. The number of benzene rings is 3. The van der Waals surface area contributed by atoms with Crippen LogP contribution in [-0.2, 0) is 6.16 Å². The number of rotatable bonds is 5. The van der Waals surface area contributed by atoms with Gasteiger partial charge in [0.1, 0.15) is 17.9 Å². The molecule has 122 valence electrons. The van der Waals surface area contributed by atoms with Crippen LogP contribution < -0.4 is 15.2 Å². The Labute approximate surface area is 154 Å². The molecule has 0 N–H and O–H groups in total. The Kier molecular flexibility index (Phi) is 4.78. The second kappa shape index (κ2) is 7.35. The van der Waals surface area contributed by atoms with Crippen molar-refractivity contribution >= 4 is 33.8 Å². The lowest BCUT2D eigenvalue weighted by atomic mass is 10.2. The zero-order chi connectivity index (χ0) is 17.0. The van der Waals surface area contributed by atoms with Gasteiger partial charge in [-0.3, -0.25) is 0 Å². The highest BCUT2D eigenvalue weighted by Crippen LogP contribution is 2.59. The van der Waals surface area contributed by atoms with Crippen LogP contribution in [0.2, 0.25) is 0 Å². The molecule has 2 heteroatoms. The summed E-state index contributed by atoms with van der Waals surface area (Å²) in [5, 5.41) is 5.11. The molecule has 0 aliphatic rings. The molecular weight excluding hydrogens is 339 g/mol. The molecule has 0 nitrogen and oxygen atoms in total. The molecule has 4 aromatic rings. The first-order valence-electron chi connectivity index (χ1n) is 8.47. The van der Waals surface area contributed by atoms with Gasteiger partial charge in [0.15, 0.2) is 4.62 Å². The van der Waals surface area contributed by atoms with Crippen LogP contribution in [0.4, 0.5) is 0 Å². The van der Waals surface area contributed by atoms with Crippen LogP contribution in [0.15, 0.2) is 109 Å². The third kappa shape index (κ3) is 3.18. The maximum atomic E-state index is 2.32. The van der Waals surface area contributed by atoms with E-state index in [1.165, 1.54) is 20.8 Å². The lowest BCUT2D eigenvalue weighted by Gasteiger charge is -2.26. The normalized spacial score (nSPS) is 11.4.